The van der Waals surface area contributed by atoms with Crippen LogP contribution in [0.1, 0.15) is 25.7 Å². The van der Waals surface area contributed by atoms with Crippen LogP contribution < -0.4 is 0 Å². The van der Waals surface area contributed by atoms with E-state index in [1.54, 1.807) is 19.0 Å². The van der Waals surface area contributed by atoms with Gasteiger partial charge in [-0.3, -0.25) is 4.79 Å². The van der Waals surface area contributed by atoms with E-state index in [9.17, 15) is 14.7 Å². The maximum absolute atomic E-state index is 12.4. The maximum atomic E-state index is 12.4. The Labute approximate surface area is 120 Å². The van der Waals surface area contributed by atoms with E-state index in [0.29, 0.717) is 39.0 Å². The van der Waals surface area contributed by atoms with Crippen molar-refractivity contribution in [3.63, 3.8) is 0 Å². The lowest BCUT2D eigenvalue weighted by Gasteiger charge is -2.37. The van der Waals surface area contributed by atoms with E-state index in [1.807, 2.05) is 9.80 Å². The minimum Gasteiger partial charge on any atom is -0.393 e. The molecule has 0 atom stereocenters. The molecule has 3 amide bonds. The molecule has 2 aliphatic rings. The second kappa shape index (κ2) is 6.43. The highest BCUT2D eigenvalue weighted by atomic mass is 16.3. The highest BCUT2D eigenvalue weighted by Crippen LogP contribution is 2.22. The number of rotatable bonds is 1. The van der Waals surface area contributed by atoms with E-state index in [0.717, 1.165) is 12.8 Å². The van der Waals surface area contributed by atoms with Crippen LogP contribution in [0.2, 0.25) is 0 Å². The van der Waals surface area contributed by atoms with Gasteiger partial charge in [-0.15, -0.1) is 0 Å². The van der Waals surface area contributed by atoms with Crippen molar-refractivity contribution in [1.82, 2.24) is 14.7 Å². The van der Waals surface area contributed by atoms with Crippen LogP contribution in [0.15, 0.2) is 0 Å². The van der Waals surface area contributed by atoms with E-state index >= 15 is 0 Å². The number of hydrogen-bond acceptors (Lipinski definition) is 3. The maximum Gasteiger partial charge on any atom is 0.319 e. The Kier molecular flexibility index (Phi) is 4.86. The minimum atomic E-state index is -0.251. The molecule has 2 fully saturated rings. The minimum absolute atomic E-state index is 0.0250. The number of carbonyl (C=O) groups excluding carboxylic acids is 2. The quantitative estimate of drug-likeness (QED) is 0.756. The van der Waals surface area contributed by atoms with E-state index < -0.39 is 0 Å². The van der Waals surface area contributed by atoms with Crippen molar-refractivity contribution in [3.05, 3.63) is 0 Å². The number of urea groups is 1. The lowest BCUT2D eigenvalue weighted by molar-refractivity contribution is -0.138. The summed E-state index contributed by atoms with van der Waals surface area (Å²) in [4.78, 5) is 29.5. The highest BCUT2D eigenvalue weighted by Gasteiger charge is 2.31. The van der Waals surface area contributed by atoms with Crippen molar-refractivity contribution in [2.75, 3.05) is 40.3 Å². The number of nitrogens with zero attached hydrogens (tertiary/aromatic N) is 3. The van der Waals surface area contributed by atoms with Gasteiger partial charge < -0.3 is 19.8 Å². The number of carbonyl (C=O) groups is 2. The summed E-state index contributed by atoms with van der Waals surface area (Å²) in [5.74, 6) is 0.241. The molecular weight excluding hydrogens is 258 g/mol. The van der Waals surface area contributed by atoms with Gasteiger partial charge in [-0.25, -0.2) is 4.79 Å². The van der Waals surface area contributed by atoms with E-state index in [4.69, 9.17) is 0 Å². The third-order valence-corrected chi connectivity index (χ3v) is 4.27. The average Bonchev–Trinajstić information content (AvgIpc) is 2.46. The zero-order valence-corrected chi connectivity index (χ0v) is 12.4. The largest absolute Gasteiger partial charge is 0.393 e. The monoisotopic (exact) mass is 283 g/mol. The summed E-state index contributed by atoms with van der Waals surface area (Å²) >= 11 is 0. The molecule has 20 heavy (non-hydrogen) atoms. The number of piperidine rings is 2. The Hall–Kier alpha value is -1.30. The molecule has 0 spiro atoms. The first-order chi connectivity index (χ1) is 9.49. The van der Waals surface area contributed by atoms with Crippen molar-refractivity contribution in [3.8, 4) is 0 Å². The standard InChI is InChI=1S/C14H25N3O3/c1-15(2)14(20)17-7-3-11(4-8-17)13(19)16-9-5-12(18)6-10-16/h11-12,18H,3-10H2,1-2H3. The number of aliphatic hydroxyl groups is 1. The molecule has 0 aliphatic carbocycles. The number of likely N-dealkylation sites (tertiary alicyclic amines) is 2. The van der Waals surface area contributed by atoms with Crippen LogP contribution in [0.5, 0.6) is 0 Å². The van der Waals surface area contributed by atoms with Gasteiger partial charge in [-0.1, -0.05) is 0 Å². The molecule has 0 aromatic heterocycles. The van der Waals surface area contributed by atoms with Crippen LogP contribution in [0.25, 0.3) is 0 Å². The Morgan fingerprint density at radius 2 is 1.45 bits per heavy atom. The summed E-state index contributed by atoms with van der Waals surface area (Å²) in [6.07, 6.45) is 2.61. The van der Waals surface area contributed by atoms with Gasteiger partial charge >= 0.3 is 6.03 Å². The van der Waals surface area contributed by atoms with Crippen LogP contribution in [0.3, 0.4) is 0 Å². The predicted molar refractivity (Wildman–Crippen MR) is 75.2 cm³/mol. The predicted octanol–water partition coefficient (Wildman–Crippen LogP) is 0.363. The van der Waals surface area contributed by atoms with Crippen LogP contribution >= 0.6 is 0 Å². The first-order valence-electron chi connectivity index (χ1n) is 7.42. The fourth-order valence-corrected chi connectivity index (χ4v) is 2.95. The van der Waals surface area contributed by atoms with Gasteiger partial charge in [0, 0.05) is 46.2 Å². The van der Waals surface area contributed by atoms with Gasteiger partial charge in [0.15, 0.2) is 0 Å². The summed E-state index contributed by atoms with van der Waals surface area (Å²) in [5, 5.41) is 9.48. The topological polar surface area (TPSA) is 64.1 Å². The first kappa shape index (κ1) is 15.1. The van der Waals surface area contributed by atoms with Gasteiger partial charge in [-0.05, 0) is 25.7 Å². The molecule has 2 aliphatic heterocycles. The fourth-order valence-electron chi connectivity index (χ4n) is 2.95. The zero-order valence-electron chi connectivity index (χ0n) is 12.4. The van der Waals surface area contributed by atoms with Gasteiger partial charge in [0.2, 0.25) is 5.91 Å². The Balaban J connectivity index is 1.81. The summed E-state index contributed by atoms with van der Waals surface area (Å²) in [6.45, 7) is 2.64. The molecule has 114 valence electrons. The lowest BCUT2D eigenvalue weighted by Crippen LogP contribution is -2.48. The molecule has 0 bridgehead atoms. The summed E-state index contributed by atoms with van der Waals surface area (Å²) in [6, 6.07) is 0.0250. The normalized spacial score (nSPS) is 21.9. The molecule has 1 N–H and O–H groups in total. The van der Waals surface area contributed by atoms with Gasteiger partial charge in [-0.2, -0.15) is 0 Å². The second-order valence-electron chi connectivity index (χ2n) is 5.99. The van der Waals surface area contributed by atoms with Gasteiger partial charge in [0.25, 0.3) is 0 Å². The molecule has 6 nitrogen and oxygen atoms in total. The lowest BCUT2D eigenvalue weighted by atomic mass is 9.94. The van der Waals surface area contributed by atoms with E-state index in [-0.39, 0.29) is 24.0 Å². The summed E-state index contributed by atoms with van der Waals surface area (Å²) in [5.41, 5.74) is 0. The molecule has 2 rings (SSSR count). The first-order valence-corrected chi connectivity index (χ1v) is 7.42. The molecule has 0 radical (unpaired) electrons. The van der Waals surface area contributed by atoms with Crippen LogP contribution in [0.4, 0.5) is 4.79 Å². The van der Waals surface area contributed by atoms with E-state index in [2.05, 4.69) is 0 Å². The van der Waals surface area contributed by atoms with Crippen molar-refractivity contribution in [1.29, 1.82) is 0 Å². The van der Waals surface area contributed by atoms with Crippen molar-refractivity contribution < 1.29 is 14.7 Å². The van der Waals surface area contributed by atoms with Crippen molar-refractivity contribution in [2.24, 2.45) is 5.92 Å². The second-order valence-corrected chi connectivity index (χ2v) is 5.99. The molecule has 0 saturated carbocycles. The SMILES string of the molecule is CN(C)C(=O)N1CCC(C(=O)N2CCC(O)CC2)CC1. The average molecular weight is 283 g/mol. The van der Waals surface area contributed by atoms with Gasteiger partial charge in [0.05, 0.1) is 6.10 Å². The molecule has 2 heterocycles. The number of aliphatic hydroxyl groups excluding tert-OH is 1. The molecule has 6 heteroatoms. The van der Waals surface area contributed by atoms with Gasteiger partial charge in [0.1, 0.15) is 0 Å². The van der Waals surface area contributed by atoms with E-state index in [1.165, 1.54) is 0 Å². The van der Waals surface area contributed by atoms with Crippen LogP contribution in [-0.4, -0.2) is 78.1 Å². The Bertz CT molecular complexity index is 357. The third-order valence-electron chi connectivity index (χ3n) is 4.27. The summed E-state index contributed by atoms with van der Waals surface area (Å²) < 4.78 is 0. The fraction of sp³-hybridized carbons (Fsp3) is 0.857. The smallest absolute Gasteiger partial charge is 0.319 e. The Morgan fingerprint density at radius 1 is 0.950 bits per heavy atom. The van der Waals surface area contributed by atoms with Crippen LogP contribution in [0, 0.1) is 5.92 Å². The third kappa shape index (κ3) is 3.42. The molecule has 0 aromatic rings. The van der Waals surface area contributed by atoms with Crippen molar-refractivity contribution in [2.45, 2.75) is 31.8 Å². The molecule has 2 saturated heterocycles. The number of hydrogen-bond donors (Lipinski definition) is 1. The number of amides is 3. The van der Waals surface area contributed by atoms with Crippen molar-refractivity contribution >= 4 is 11.9 Å². The van der Waals surface area contributed by atoms with Crippen LogP contribution in [-0.2, 0) is 4.79 Å². The highest BCUT2D eigenvalue weighted by molar-refractivity contribution is 5.80. The molecule has 0 unspecified atom stereocenters. The molecular formula is C14H25N3O3. The summed E-state index contributed by atoms with van der Waals surface area (Å²) in [7, 11) is 3.50. The Morgan fingerprint density at radius 3 is 1.95 bits per heavy atom. The molecule has 0 aromatic carbocycles. The zero-order chi connectivity index (χ0) is 14.7.